The van der Waals surface area contributed by atoms with Crippen molar-refractivity contribution in [1.82, 2.24) is 0 Å². The SMILES string of the molecule is N=C(N)N.N=C(N)N.N=C=O.N=C=O. The molecule has 0 spiro atoms. The molecule has 0 fully saturated rings. The van der Waals surface area contributed by atoms with Crippen LogP contribution in [0.5, 0.6) is 0 Å². The van der Waals surface area contributed by atoms with E-state index in [-0.39, 0.29) is 11.9 Å². The van der Waals surface area contributed by atoms with Crippen LogP contribution in [0, 0.1) is 21.6 Å². The first-order valence-corrected chi connectivity index (χ1v) is 2.56. The van der Waals surface area contributed by atoms with E-state index < -0.39 is 0 Å². The van der Waals surface area contributed by atoms with E-state index in [1.165, 1.54) is 0 Å². The van der Waals surface area contributed by atoms with Crippen molar-refractivity contribution in [2.75, 3.05) is 0 Å². The largest absolute Gasteiger partial charge is 0.370 e. The predicted octanol–water partition coefficient (Wildman–Crippen LogP) is -2.52. The van der Waals surface area contributed by atoms with Gasteiger partial charge >= 0.3 is 0 Å². The van der Waals surface area contributed by atoms with Crippen molar-refractivity contribution in [2.45, 2.75) is 0 Å². The van der Waals surface area contributed by atoms with Gasteiger partial charge in [-0.3, -0.25) is 10.8 Å². The number of guanidine groups is 2. The molecular weight excluding hydrogens is 192 g/mol. The van der Waals surface area contributed by atoms with Crippen LogP contribution in [0.15, 0.2) is 0 Å². The Balaban J connectivity index is -0.0000000482. The Bertz CT molecular complexity index is 179. The van der Waals surface area contributed by atoms with Gasteiger partial charge in [-0.1, -0.05) is 0 Å². The normalized spacial score (nSPS) is 4.57. The van der Waals surface area contributed by atoms with E-state index in [0.717, 1.165) is 12.2 Å². The van der Waals surface area contributed by atoms with E-state index in [1.54, 1.807) is 0 Å². The number of hydrogen-bond donors (Lipinski definition) is 8. The first-order chi connectivity index (χ1) is 6.29. The van der Waals surface area contributed by atoms with E-state index in [2.05, 4.69) is 22.9 Å². The van der Waals surface area contributed by atoms with Crippen molar-refractivity contribution in [3.05, 3.63) is 0 Å². The molecule has 0 aromatic heterocycles. The van der Waals surface area contributed by atoms with Crippen LogP contribution >= 0.6 is 0 Å². The number of hydrogen-bond acceptors (Lipinski definition) is 6. The first-order valence-electron chi connectivity index (χ1n) is 2.56. The topological polar surface area (TPSA) is 234 Å². The molecule has 0 aliphatic rings. The van der Waals surface area contributed by atoms with Gasteiger partial charge in [0.2, 0.25) is 12.2 Å². The van der Waals surface area contributed by atoms with Crippen LogP contribution in [0.2, 0.25) is 0 Å². The molecule has 80 valence electrons. The van der Waals surface area contributed by atoms with Gasteiger partial charge in [-0.15, -0.1) is 0 Å². The Morgan fingerprint density at radius 3 is 0.786 bits per heavy atom. The minimum absolute atomic E-state index is 0.333. The van der Waals surface area contributed by atoms with Gasteiger partial charge in [0.1, 0.15) is 0 Å². The lowest BCUT2D eigenvalue weighted by molar-refractivity contribution is 0.562. The molecule has 0 aliphatic heterocycles. The number of rotatable bonds is 0. The van der Waals surface area contributed by atoms with Gasteiger partial charge in [0.25, 0.3) is 0 Å². The third kappa shape index (κ3) is 87.9. The number of nitrogens with one attached hydrogen (secondary N) is 4. The molecule has 0 aromatic rings. The Kier molecular flexibility index (Phi) is 51.0. The second kappa shape index (κ2) is 31.7. The molecule has 0 radical (unpaired) electrons. The molecule has 0 unspecified atom stereocenters. The summed E-state index contributed by atoms with van der Waals surface area (Å²) < 4.78 is 0. The Morgan fingerprint density at radius 2 is 0.786 bits per heavy atom. The summed E-state index contributed by atoms with van der Waals surface area (Å²) in [5.74, 6) is -0.667. The molecule has 14 heavy (non-hydrogen) atoms. The van der Waals surface area contributed by atoms with Crippen LogP contribution in [0.1, 0.15) is 0 Å². The zero-order valence-electron chi connectivity index (χ0n) is 7.13. The Morgan fingerprint density at radius 1 is 0.786 bits per heavy atom. The molecule has 0 aromatic carbocycles. The molecular formula is C4H12N8O2. The van der Waals surface area contributed by atoms with Crippen molar-refractivity contribution in [3.8, 4) is 0 Å². The first kappa shape index (κ1) is 22.5. The summed E-state index contributed by atoms with van der Waals surface area (Å²) in [6.07, 6.45) is 1.50. The summed E-state index contributed by atoms with van der Waals surface area (Å²) in [5, 5.41) is 22.9. The van der Waals surface area contributed by atoms with Gasteiger partial charge in [0, 0.05) is 0 Å². The van der Waals surface area contributed by atoms with Crippen molar-refractivity contribution < 1.29 is 9.59 Å². The van der Waals surface area contributed by atoms with Gasteiger partial charge in [-0.2, -0.15) is 0 Å². The lowest BCUT2D eigenvalue weighted by atomic mass is 11.1. The molecule has 10 nitrogen and oxygen atoms in total. The van der Waals surface area contributed by atoms with E-state index in [4.69, 9.17) is 31.2 Å². The quantitative estimate of drug-likeness (QED) is 0.120. The van der Waals surface area contributed by atoms with Crippen molar-refractivity contribution in [1.29, 1.82) is 21.6 Å². The fraction of sp³-hybridized carbons (Fsp3) is 0. The zero-order valence-corrected chi connectivity index (χ0v) is 7.13. The van der Waals surface area contributed by atoms with Crippen molar-refractivity contribution in [2.24, 2.45) is 22.9 Å². The molecule has 10 heteroatoms. The molecule has 0 amide bonds. The molecule has 12 N–H and O–H groups in total. The maximum absolute atomic E-state index is 8.35. The highest BCUT2D eigenvalue weighted by atomic mass is 16.1. The summed E-state index contributed by atoms with van der Waals surface area (Å²) in [4.78, 5) is 16.7. The van der Waals surface area contributed by atoms with Crippen LogP contribution in [-0.2, 0) is 9.59 Å². The van der Waals surface area contributed by atoms with Crippen molar-refractivity contribution >= 4 is 24.1 Å². The summed E-state index contributed by atoms with van der Waals surface area (Å²) in [5.41, 5.74) is 17.9. The highest BCUT2D eigenvalue weighted by molar-refractivity contribution is 5.72. The summed E-state index contributed by atoms with van der Waals surface area (Å²) in [6, 6.07) is 0. The van der Waals surface area contributed by atoms with Crippen molar-refractivity contribution in [3.63, 3.8) is 0 Å². The van der Waals surface area contributed by atoms with E-state index in [0.29, 0.717) is 0 Å². The number of nitrogens with two attached hydrogens (primary N) is 4. The standard InChI is InChI=1S/2CH5N3.2CHNO/c2*2-1(3)4;2*2-1-3/h2*(H5,2,3,4);2*2H. The fourth-order valence-corrected chi connectivity index (χ4v) is 0. The third-order valence-corrected chi connectivity index (χ3v) is 0. The molecule has 0 saturated carbocycles. The van der Waals surface area contributed by atoms with Crippen LogP contribution in [0.4, 0.5) is 0 Å². The van der Waals surface area contributed by atoms with Crippen LogP contribution in [0.25, 0.3) is 0 Å². The van der Waals surface area contributed by atoms with Gasteiger partial charge in [0.15, 0.2) is 11.9 Å². The average Bonchev–Trinajstić information content (AvgIpc) is 1.85. The lowest BCUT2D eigenvalue weighted by Crippen LogP contribution is -2.20. The highest BCUT2D eigenvalue weighted by Crippen LogP contribution is 1.13. The second-order valence-electron chi connectivity index (χ2n) is 1.11. The summed E-state index contributed by atoms with van der Waals surface area (Å²) in [7, 11) is 0. The zero-order chi connectivity index (χ0) is 12.6. The van der Waals surface area contributed by atoms with Gasteiger partial charge in [0.05, 0.1) is 0 Å². The molecule has 0 bridgehead atoms. The van der Waals surface area contributed by atoms with E-state index in [9.17, 15) is 0 Å². The number of isocyanates is 2. The highest BCUT2D eigenvalue weighted by Gasteiger charge is 1.52. The molecule has 0 saturated heterocycles. The lowest BCUT2D eigenvalue weighted by Gasteiger charge is -1.69. The van der Waals surface area contributed by atoms with E-state index in [1.807, 2.05) is 0 Å². The Labute approximate surface area is 79.3 Å². The van der Waals surface area contributed by atoms with Crippen LogP contribution < -0.4 is 22.9 Å². The smallest absolute Gasteiger partial charge is 0.231 e. The van der Waals surface area contributed by atoms with Gasteiger partial charge < -0.3 is 22.9 Å². The van der Waals surface area contributed by atoms with E-state index >= 15 is 0 Å². The minimum Gasteiger partial charge on any atom is -0.370 e. The minimum atomic E-state index is -0.333. The maximum Gasteiger partial charge on any atom is 0.231 e. The summed E-state index contributed by atoms with van der Waals surface area (Å²) in [6.45, 7) is 0. The molecule has 0 aliphatic carbocycles. The maximum atomic E-state index is 8.35. The monoisotopic (exact) mass is 204 g/mol. The summed E-state index contributed by atoms with van der Waals surface area (Å²) >= 11 is 0. The molecule has 0 rings (SSSR count). The predicted molar refractivity (Wildman–Crippen MR) is 49.0 cm³/mol. The second-order valence-corrected chi connectivity index (χ2v) is 1.11. The fourth-order valence-electron chi connectivity index (χ4n) is 0. The third-order valence-electron chi connectivity index (χ3n) is 0. The van der Waals surface area contributed by atoms with Gasteiger partial charge in [-0.25, -0.2) is 20.4 Å². The molecule has 0 heterocycles. The van der Waals surface area contributed by atoms with Crippen LogP contribution in [-0.4, -0.2) is 24.1 Å². The van der Waals surface area contributed by atoms with Crippen LogP contribution in [0.3, 0.4) is 0 Å². The average molecular weight is 204 g/mol. The Hall–Kier alpha value is -2.70. The van der Waals surface area contributed by atoms with Gasteiger partial charge in [-0.05, 0) is 0 Å². The number of carbonyl (C=O) groups excluding carboxylic acids is 2. The molecule has 0 atom stereocenters.